The highest BCUT2D eigenvalue weighted by Gasteiger charge is 2.30. The maximum absolute atomic E-state index is 12.3. The lowest BCUT2D eigenvalue weighted by atomic mass is 9.85. The summed E-state index contributed by atoms with van der Waals surface area (Å²) in [5, 5.41) is 3.23. The van der Waals surface area contributed by atoms with Gasteiger partial charge in [-0.3, -0.25) is 4.79 Å². The summed E-state index contributed by atoms with van der Waals surface area (Å²) in [6.07, 6.45) is 4.88. The average molecular weight is 297 g/mol. The minimum Gasteiger partial charge on any atom is -0.375 e. The van der Waals surface area contributed by atoms with E-state index in [1.807, 2.05) is 0 Å². The van der Waals surface area contributed by atoms with Gasteiger partial charge in [-0.05, 0) is 50.9 Å². The second-order valence-electron chi connectivity index (χ2n) is 8.04. The topological polar surface area (TPSA) is 38.3 Å². The van der Waals surface area contributed by atoms with Gasteiger partial charge in [-0.2, -0.15) is 0 Å². The number of carbonyl (C=O) groups excluding carboxylic acids is 1. The summed E-state index contributed by atoms with van der Waals surface area (Å²) in [7, 11) is 0. The Morgan fingerprint density at radius 2 is 1.90 bits per heavy atom. The second-order valence-corrected chi connectivity index (χ2v) is 8.04. The average Bonchev–Trinajstić information content (AvgIpc) is 2.32. The first-order chi connectivity index (χ1) is 9.69. The van der Waals surface area contributed by atoms with E-state index in [2.05, 4.69) is 46.9 Å². The fraction of sp³-hybridized carbons (Fsp3) is 0.944. The molecule has 0 unspecified atom stereocenters. The Labute approximate surface area is 131 Å². The molecule has 0 aromatic carbocycles. The van der Waals surface area contributed by atoms with Crippen LogP contribution in [0.15, 0.2) is 0 Å². The molecular formula is C18H35NO2. The smallest absolute Gasteiger partial charge is 0.220 e. The number of rotatable bonds is 7. The summed E-state index contributed by atoms with van der Waals surface area (Å²) in [5.41, 5.74) is -0.106. The van der Waals surface area contributed by atoms with Crippen molar-refractivity contribution in [2.24, 2.45) is 17.8 Å². The first kappa shape index (κ1) is 18.5. The molecule has 1 N–H and O–H groups in total. The van der Waals surface area contributed by atoms with Crippen LogP contribution in [0.3, 0.4) is 0 Å². The molecule has 0 spiro atoms. The van der Waals surface area contributed by atoms with Crippen molar-refractivity contribution in [3.05, 3.63) is 0 Å². The molecule has 0 radical (unpaired) electrons. The van der Waals surface area contributed by atoms with Crippen LogP contribution in [0.25, 0.3) is 0 Å². The monoisotopic (exact) mass is 297 g/mol. The SMILES string of the molecule is CC(C)CC[C@H](CC(=O)N[C@@H]1CCOC(C)(C)C1)C(C)C. The summed E-state index contributed by atoms with van der Waals surface area (Å²) in [4.78, 5) is 12.3. The third-order valence-corrected chi connectivity index (χ3v) is 4.57. The summed E-state index contributed by atoms with van der Waals surface area (Å²) in [6.45, 7) is 13.9. The van der Waals surface area contributed by atoms with Crippen LogP contribution in [-0.2, 0) is 9.53 Å². The fourth-order valence-corrected chi connectivity index (χ4v) is 3.10. The van der Waals surface area contributed by atoms with Crippen molar-refractivity contribution < 1.29 is 9.53 Å². The Morgan fingerprint density at radius 1 is 1.24 bits per heavy atom. The second kappa shape index (κ2) is 8.17. The van der Waals surface area contributed by atoms with Gasteiger partial charge in [-0.1, -0.05) is 34.1 Å². The lowest BCUT2D eigenvalue weighted by molar-refractivity contribution is -0.125. The van der Waals surface area contributed by atoms with E-state index in [9.17, 15) is 4.79 Å². The molecule has 1 aliphatic heterocycles. The minimum absolute atomic E-state index is 0.106. The molecule has 0 bridgehead atoms. The molecule has 2 atom stereocenters. The molecule has 21 heavy (non-hydrogen) atoms. The predicted octanol–water partition coefficient (Wildman–Crippen LogP) is 4.16. The molecular weight excluding hydrogens is 262 g/mol. The van der Waals surface area contributed by atoms with Crippen LogP contribution < -0.4 is 5.32 Å². The Balaban J connectivity index is 2.42. The molecule has 0 aromatic rings. The van der Waals surface area contributed by atoms with Crippen LogP contribution in [-0.4, -0.2) is 24.2 Å². The van der Waals surface area contributed by atoms with E-state index in [1.54, 1.807) is 0 Å². The number of nitrogens with one attached hydrogen (secondary N) is 1. The van der Waals surface area contributed by atoms with E-state index in [1.165, 1.54) is 6.42 Å². The van der Waals surface area contributed by atoms with Gasteiger partial charge < -0.3 is 10.1 Å². The first-order valence-corrected chi connectivity index (χ1v) is 8.63. The van der Waals surface area contributed by atoms with Gasteiger partial charge in [0, 0.05) is 19.1 Å². The quantitative estimate of drug-likeness (QED) is 0.766. The molecule has 3 heteroatoms. The van der Waals surface area contributed by atoms with Crippen LogP contribution in [0.5, 0.6) is 0 Å². The van der Waals surface area contributed by atoms with E-state index < -0.39 is 0 Å². The molecule has 1 fully saturated rings. The van der Waals surface area contributed by atoms with Gasteiger partial charge in [-0.25, -0.2) is 0 Å². The molecule has 1 amide bonds. The van der Waals surface area contributed by atoms with Crippen molar-refractivity contribution in [1.29, 1.82) is 0 Å². The zero-order chi connectivity index (χ0) is 16.0. The van der Waals surface area contributed by atoms with Crippen molar-refractivity contribution in [1.82, 2.24) is 5.32 Å². The van der Waals surface area contributed by atoms with Crippen molar-refractivity contribution >= 4 is 5.91 Å². The third-order valence-electron chi connectivity index (χ3n) is 4.57. The van der Waals surface area contributed by atoms with E-state index in [-0.39, 0.29) is 17.6 Å². The summed E-state index contributed by atoms with van der Waals surface area (Å²) in [5.74, 6) is 2.01. The Kier molecular flexibility index (Phi) is 7.19. The Hall–Kier alpha value is -0.570. The number of ether oxygens (including phenoxy) is 1. The molecule has 0 saturated carbocycles. The molecule has 1 heterocycles. The minimum atomic E-state index is -0.106. The van der Waals surface area contributed by atoms with Crippen LogP contribution in [0, 0.1) is 17.8 Å². The lowest BCUT2D eigenvalue weighted by Gasteiger charge is -2.36. The standard InChI is InChI=1S/C18H35NO2/c1-13(2)7-8-15(14(3)4)11-17(20)19-16-9-10-21-18(5,6)12-16/h13-16H,7-12H2,1-6H3,(H,19,20)/t15-,16-/m1/s1. The van der Waals surface area contributed by atoms with Crippen molar-refractivity contribution in [3.63, 3.8) is 0 Å². The van der Waals surface area contributed by atoms with Crippen LogP contribution in [0.2, 0.25) is 0 Å². The molecule has 1 rings (SSSR count). The fourth-order valence-electron chi connectivity index (χ4n) is 3.10. The van der Waals surface area contributed by atoms with E-state index >= 15 is 0 Å². The van der Waals surface area contributed by atoms with Gasteiger partial charge >= 0.3 is 0 Å². The lowest BCUT2D eigenvalue weighted by Crippen LogP contribution is -2.46. The Morgan fingerprint density at radius 3 is 2.43 bits per heavy atom. The van der Waals surface area contributed by atoms with Gasteiger partial charge in [0.15, 0.2) is 0 Å². The molecule has 0 aliphatic carbocycles. The van der Waals surface area contributed by atoms with E-state index in [0.29, 0.717) is 24.2 Å². The van der Waals surface area contributed by atoms with Gasteiger partial charge in [0.05, 0.1) is 5.60 Å². The van der Waals surface area contributed by atoms with Crippen molar-refractivity contribution in [2.45, 2.75) is 85.3 Å². The number of carbonyl (C=O) groups is 1. The van der Waals surface area contributed by atoms with Crippen LogP contribution >= 0.6 is 0 Å². The van der Waals surface area contributed by atoms with Crippen LogP contribution in [0.4, 0.5) is 0 Å². The van der Waals surface area contributed by atoms with Gasteiger partial charge in [0.25, 0.3) is 0 Å². The predicted molar refractivity (Wildman–Crippen MR) is 88.2 cm³/mol. The normalized spacial score (nSPS) is 23.3. The maximum Gasteiger partial charge on any atom is 0.220 e. The van der Waals surface area contributed by atoms with Gasteiger partial charge in [-0.15, -0.1) is 0 Å². The Bertz CT molecular complexity index is 323. The molecule has 3 nitrogen and oxygen atoms in total. The maximum atomic E-state index is 12.3. The highest BCUT2D eigenvalue weighted by atomic mass is 16.5. The largest absolute Gasteiger partial charge is 0.375 e. The summed E-state index contributed by atoms with van der Waals surface area (Å²) >= 11 is 0. The van der Waals surface area contributed by atoms with Crippen LogP contribution in [0.1, 0.15) is 73.6 Å². The van der Waals surface area contributed by atoms with Crippen molar-refractivity contribution in [3.8, 4) is 0 Å². The van der Waals surface area contributed by atoms with E-state index in [4.69, 9.17) is 4.74 Å². The zero-order valence-corrected chi connectivity index (χ0v) is 14.9. The van der Waals surface area contributed by atoms with Gasteiger partial charge in [0.1, 0.15) is 0 Å². The highest BCUT2D eigenvalue weighted by Crippen LogP contribution is 2.26. The third kappa shape index (κ3) is 7.30. The molecule has 1 saturated heterocycles. The van der Waals surface area contributed by atoms with Crippen molar-refractivity contribution in [2.75, 3.05) is 6.61 Å². The number of amides is 1. The number of hydrogen-bond donors (Lipinski definition) is 1. The summed E-state index contributed by atoms with van der Waals surface area (Å²) < 4.78 is 5.71. The molecule has 0 aromatic heterocycles. The molecule has 124 valence electrons. The number of hydrogen-bond acceptors (Lipinski definition) is 2. The molecule has 1 aliphatic rings. The highest BCUT2D eigenvalue weighted by molar-refractivity contribution is 5.76. The van der Waals surface area contributed by atoms with E-state index in [0.717, 1.165) is 25.9 Å². The first-order valence-electron chi connectivity index (χ1n) is 8.63. The zero-order valence-electron chi connectivity index (χ0n) is 14.9. The van der Waals surface area contributed by atoms with Gasteiger partial charge in [0.2, 0.25) is 5.91 Å². The summed E-state index contributed by atoms with van der Waals surface area (Å²) in [6, 6.07) is 0.277.